The molecule has 1 fully saturated rings. The van der Waals surface area contributed by atoms with E-state index in [1.165, 1.54) is 5.56 Å². The Morgan fingerprint density at radius 1 is 1.06 bits per heavy atom. The van der Waals surface area contributed by atoms with Crippen LogP contribution in [0, 0.1) is 11.8 Å². The van der Waals surface area contributed by atoms with E-state index in [9.17, 15) is 18.0 Å². The first-order chi connectivity index (χ1) is 16.6. The van der Waals surface area contributed by atoms with Crippen LogP contribution in [0.25, 0.3) is 0 Å². The van der Waals surface area contributed by atoms with Crippen molar-refractivity contribution >= 4 is 27.5 Å². The van der Waals surface area contributed by atoms with E-state index in [2.05, 4.69) is 22.2 Å². The minimum absolute atomic E-state index is 0.00732. The molecular formula is C27H35N3O4S. The third kappa shape index (κ3) is 5.43. The zero-order valence-electron chi connectivity index (χ0n) is 20.7. The summed E-state index contributed by atoms with van der Waals surface area (Å²) in [5, 5.41) is 3.05. The molecule has 2 aromatic carbocycles. The summed E-state index contributed by atoms with van der Waals surface area (Å²) in [6, 6.07) is 15.0. The lowest BCUT2D eigenvalue weighted by molar-refractivity contribution is -0.126. The third-order valence-electron chi connectivity index (χ3n) is 7.49. The minimum atomic E-state index is -3.69. The maximum Gasteiger partial charge on any atom is 0.240 e. The number of rotatable bonds is 8. The molecule has 7 nitrogen and oxygen atoms in total. The molecule has 1 heterocycles. The Morgan fingerprint density at radius 3 is 2.43 bits per heavy atom. The van der Waals surface area contributed by atoms with Gasteiger partial charge < -0.3 is 10.2 Å². The number of carbonyl (C=O) groups excluding carboxylic acids is 2. The lowest BCUT2D eigenvalue weighted by Crippen LogP contribution is -2.36. The van der Waals surface area contributed by atoms with Gasteiger partial charge in [-0.2, -0.15) is 0 Å². The Bertz CT molecular complexity index is 1190. The van der Waals surface area contributed by atoms with Crippen LogP contribution in [-0.4, -0.2) is 40.4 Å². The molecule has 1 aliphatic heterocycles. The van der Waals surface area contributed by atoms with Gasteiger partial charge in [-0.05, 0) is 81.2 Å². The van der Waals surface area contributed by atoms with Crippen LogP contribution in [-0.2, 0) is 31.4 Å². The van der Waals surface area contributed by atoms with Gasteiger partial charge in [0, 0.05) is 31.7 Å². The molecule has 0 atom stereocenters. The smallest absolute Gasteiger partial charge is 0.240 e. The predicted molar refractivity (Wildman–Crippen MR) is 137 cm³/mol. The summed E-state index contributed by atoms with van der Waals surface area (Å²) >= 11 is 0. The Hall–Kier alpha value is -2.71. The zero-order valence-corrected chi connectivity index (χ0v) is 21.5. The molecule has 1 saturated carbocycles. The summed E-state index contributed by atoms with van der Waals surface area (Å²) in [5.41, 5.74) is 1.93. The number of amides is 2. The van der Waals surface area contributed by atoms with Crippen molar-refractivity contribution in [3.8, 4) is 0 Å². The topological polar surface area (TPSA) is 95.6 Å². The second-order valence-electron chi connectivity index (χ2n) is 10.3. The molecule has 0 saturated heterocycles. The Morgan fingerprint density at radius 2 is 1.74 bits per heavy atom. The monoisotopic (exact) mass is 497 g/mol. The van der Waals surface area contributed by atoms with Crippen LogP contribution in [0.2, 0.25) is 0 Å². The Labute approximate surface area is 208 Å². The van der Waals surface area contributed by atoms with Gasteiger partial charge in [-0.25, -0.2) is 13.1 Å². The van der Waals surface area contributed by atoms with Crippen LogP contribution in [0.4, 0.5) is 5.69 Å². The van der Waals surface area contributed by atoms with E-state index in [4.69, 9.17) is 0 Å². The summed E-state index contributed by atoms with van der Waals surface area (Å²) in [6.45, 7) is 4.61. The minimum Gasteiger partial charge on any atom is -0.356 e. The van der Waals surface area contributed by atoms with Crippen LogP contribution in [0.3, 0.4) is 0 Å². The summed E-state index contributed by atoms with van der Waals surface area (Å²) in [6.07, 6.45) is 3.98. The number of hydrogen-bond donors (Lipinski definition) is 2. The number of carbonyl (C=O) groups is 2. The molecule has 0 radical (unpaired) electrons. The molecule has 188 valence electrons. The Kier molecular flexibility index (Phi) is 7.33. The lowest BCUT2D eigenvalue weighted by atomic mass is 9.81. The van der Waals surface area contributed by atoms with E-state index >= 15 is 0 Å². The number of benzene rings is 2. The maximum atomic E-state index is 13.0. The quantitative estimate of drug-likeness (QED) is 0.585. The van der Waals surface area contributed by atoms with Gasteiger partial charge in [0.15, 0.2) is 0 Å². The fourth-order valence-electron chi connectivity index (χ4n) is 5.18. The second-order valence-corrected chi connectivity index (χ2v) is 12.0. The van der Waals surface area contributed by atoms with Crippen LogP contribution in [0.15, 0.2) is 53.4 Å². The molecule has 35 heavy (non-hydrogen) atoms. The summed E-state index contributed by atoms with van der Waals surface area (Å²) in [5.74, 6) is 0.250. The summed E-state index contributed by atoms with van der Waals surface area (Å²) in [7, 11) is -1.98. The third-order valence-corrected chi connectivity index (χ3v) is 8.91. The van der Waals surface area contributed by atoms with Gasteiger partial charge in [0.2, 0.25) is 21.8 Å². The number of fused-ring (bicyclic) bond motifs is 1. The van der Waals surface area contributed by atoms with Crippen molar-refractivity contribution < 1.29 is 18.0 Å². The normalized spacial score (nSPS) is 21.6. The summed E-state index contributed by atoms with van der Waals surface area (Å²) < 4.78 is 28.7. The first-order valence-corrected chi connectivity index (χ1v) is 13.8. The highest BCUT2D eigenvalue weighted by molar-refractivity contribution is 7.89. The van der Waals surface area contributed by atoms with Gasteiger partial charge >= 0.3 is 0 Å². The number of nitrogens with zero attached hydrogens (tertiary/aromatic N) is 1. The van der Waals surface area contributed by atoms with E-state index in [0.29, 0.717) is 13.1 Å². The fourth-order valence-corrected chi connectivity index (χ4v) is 6.32. The average Bonchev–Trinajstić information content (AvgIpc) is 3.03. The van der Waals surface area contributed by atoms with E-state index < -0.39 is 15.4 Å². The fraction of sp³-hybridized carbons (Fsp3) is 0.481. The zero-order chi connectivity index (χ0) is 25.2. The molecule has 0 spiro atoms. The molecule has 8 heteroatoms. The number of anilines is 1. The van der Waals surface area contributed by atoms with Crippen molar-refractivity contribution in [3.05, 3.63) is 59.7 Å². The predicted octanol–water partition coefficient (Wildman–Crippen LogP) is 3.38. The van der Waals surface area contributed by atoms with Gasteiger partial charge in [0.25, 0.3) is 0 Å². The molecule has 4 rings (SSSR count). The highest BCUT2D eigenvalue weighted by Crippen LogP contribution is 2.41. The number of hydrogen-bond acceptors (Lipinski definition) is 4. The number of nitrogens with one attached hydrogen (secondary N) is 2. The SMILES string of the molecule is CN1C(=O)C(C)(C)c2cc(S(=O)(=O)NCC3CCC(C(=O)NCCc4ccccc4)CC3)ccc21. The average molecular weight is 498 g/mol. The van der Waals surface area contributed by atoms with Crippen molar-refractivity contribution in [3.63, 3.8) is 0 Å². The van der Waals surface area contributed by atoms with Gasteiger partial charge in [0.1, 0.15) is 0 Å². The van der Waals surface area contributed by atoms with Crippen LogP contribution in [0.5, 0.6) is 0 Å². The highest BCUT2D eigenvalue weighted by atomic mass is 32.2. The molecule has 0 aromatic heterocycles. The summed E-state index contributed by atoms with van der Waals surface area (Å²) in [4.78, 5) is 26.8. The van der Waals surface area contributed by atoms with E-state index in [-0.39, 0.29) is 28.5 Å². The van der Waals surface area contributed by atoms with Crippen LogP contribution in [0.1, 0.15) is 50.7 Å². The van der Waals surface area contributed by atoms with Gasteiger partial charge in [-0.1, -0.05) is 30.3 Å². The largest absolute Gasteiger partial charge is 0.356 e. The highest BCUT2D eigenvalue weighted by Gasteiger charge is 2.42. The molecule has 0 bridgehead atoms. The molecule has 2 aromatic rings. The standard InChI is InChI=1S/C27H35N3O4S/c1-27(2)23-17-22(13-14-24(23)30(3)26(27)32)35(33,34)29-18-20-9-11-21(12-10-20)25(31)28-16-15-19-7-5-4-6-8-19/h4-8,13-14,17,20-21,29H,9-12,15-16,18H2,1-3H3,(H,28,31). The van der Waals surface area contributed by atoms with E-state index in [1.54, 1.807) is 30.1 Å². The van der Waals surface area contributed by atoms with Crippen molar-refractivity contribution in [1.82, 2.24) is 10.0 Å². The van der Waals surface area contributed by atoms with Crippen molar-refractivity contribution in [2.45, 2.75) is 56.3 Å². The van der Waals surface area contributed by atoms with Crippen LogP contribution < -0.4 is 14.9 Å². The maximum absolute atomic E-state index is 13.0. The first-order valence-electron chi connectivity index (χ1n) is 12.3. The second kappa shape index (κ2) is 10.1. The van der Waals surface area contributed by atoms with Crippen molar-refractivity contribution in [2.75, 3.05) is 25.0 Å². The van der Waals surface area contributed by atoms with Gasteiger partial charge in [-0.3, -0.25) is 9.59 Å². The number of likely N-dealkylation sites (N-methyl/N-ethyl adjacent to an activating group) is 1. The molecule has 0 unspecified atom stereocenters. The molecule has 2 amide bonds. The number of sulfonamides is 1. The van der Waals surface area contributed by atoms with Gasteiger partial charge in [-0.15, -0.1) is 0 Å². The first kappa shape index (κ1) is 25.4. The van der Waals surface area contributed by atoms with Gasteiger partial charge in [0.05, 0.1) is 10.3 Å². The van der Waals surface area contributed by atoms with Crippen LogP contribution >= 0.6 is 0 Å². The van der Waals surface area contributed by atoms with E-state index in [1.807, 2.05) is 32.0 Å². The molecule has 2 aliphatic rings. The molecular weight excluding hydrogens is 462 g/mol. The van der Waals surface area contributed by atoms with Crippen molar-refractivity contribution in [2.24, 2.45) is 11.8 Å². The lowest BCUT2D eigenvalue weighted by Gasteiger charge is -2.28. The van der Waals surface area contributed by atoms with Crippen molar-refractivity contribution in [1.29, 1.82) is 0 Å². The Balaban J connectivity index is 1.26. The molecule has 1 aliphatic carbocycles. The van der Waals surface area contributed by atoms with E-state index in [0.717, 1.165) is 43.4 Å². The molecule has 2 N–H and O–H groups in total.